The summed E-state index contributed by atoms with van der Waals surface area (Å²) in [5, 5.41) is 0. The van der Waals surface area contributed by atoms with Gasteiger partial charge in [0.05, 0.1) is 0 Å². The Balaban J connectivity index is 1.48. The standard InChI is InChI=1S/C22H30O2/c1-4-16-6-10-21-20-8-5-15-13-17(24-14(2)23)7-9-18(15)19(20)11-12-22(16,21)3/h1,6,15,17-21H,5,7-13H2,2-3H3/t15-,17-,18+,19-,20-,21+,22-/m1/s1. The number of hydrogen-bond acceptors (Lipinski definition) is 2. The maximum atomic E-state index is 11.3. The largest absolute Gasteiger partial charge is 0.463 e. The van der Waals surface area contributed by atoms with Crippen molar-refractivity contribution in [2.75, 3.05) is 0 Å². The summed E-state index contributed by atoms with van der Waals surface area (Å²) in [5.74, 6) is 7.02. The summed E-state index contributed by atoms with van der Waals surface area (Å²) in [4.78, 5) is 11.3. The number of carbonyl (C=O) groups excluding carboxylic acids is 1. The van der Waals surface area contributed by atoms with E-state index in [4.69, 9.17) is 11.2 Å². The van der Waals surface area contributed by atoms with E-state index in [9.17, 15) is 4.79 Å². The van der Waals surface area contributed by atoms with Gasteiger partial charge in [0.25, 0.3) is 0 Å². The zero-order chi connectivity index (χ0) is 16.9. The van der Waals surface area contributed by atoms with Crippen LogP contribution in [0, 0.1) is 47.3 Å². The molecule has 0 aliphatic heterocycles. The van der Waals surface area contributed by atoms with Crippen molar-refractivity contribution in [1.29, 1.82) is 0 Å². The van der Waals surface area contributed by atoms with Gasteiger partial charge in [0.15, 0.2) is 0 Å². The number of rotatable bonds is 1. The van der Waals surface area contributed by atoms with E-state index in [0.29, 0.717) is 0 Å². The van der Waals surface area contributed by atoms with E-state index in [1.54, 1.807) is 6.92 Å². The summed E-state index contributed by atoms with van der Waals surface area (Å²) in [6.45, 7) is 3.97. The molecular formula is C22H30O2. The van der Waals surface area contributed by atoms with Crippen LogP contribution in [-0.4, -0.2) is 12.1 Å². The monoisotopic (exact) mass is 326 g/mol. The van der Waals surface area contributed by atoms with Crippen LogP contribution in [0.4, 0.5) is 0 Å². The highest BCUT2D eigenvalue weighted by atomic mass is 16.5. The molecule has 0 unspecified atom stereocenters. The predicted molar refractivity (Wildman–Crippen MR) is 95.0 cm³/mol. The average Bonchev–Trinajstić information content (AvgIpc) is 2.90. The molecule has 4 aliphatic carbocycles. The third-order valence-corrected chi connectivity index (χ3v) is 7.98. The minimum Gasteiger partial charge on any atom is -0.463 e. The van der Waals surface area contributed by atoms with E-state index in [1.165, 1.54) is 44.1 Å². The van der Waals surface area contributed by atoms with Gasteiger partial charge in [-0.15, -0.1) is 6.42 Å². The third-order valence-electron chi connectivity index (χ3n) is 7.98. The second kappa shape index (κ2) is 5.94. The molecular weight excluding hydrogens is 296 g/mol. The highest BCUT2D eigenvalue weighted by Gasteiger charge is 2.54. The Labute approximate surface area is 146 Å². The second-order valence-electron chi connectivity index (χ2n) is 8.93. The molecule has 3 fully saturated rings. The van der Waals surface area contributed by atoms with Crippen LogP contribution in [-0.2, 0) is 9.53 Å². The molecule has 0 saturated heterocycles. The first kappa shape index (κ1) is 16.2. The minimum atomic E-state index is -0.112. The van der Waals surface area contributed by atoms with E-state index in [-0.39, 0.29) is 17.5 Å². The normalized spacial score (nSPS) is 46.8. The topological polar surface area (TPSA) is 26.3 Å². The molecule has 0 aromatic heterocycles. The Kier molecular flexibility index (Phi) is 4.02. The number of ether oxygens (including phenoxy) is 1. The summed E-state index contributed by atoms with van der Waals surface area (Å²) >= 11 is 0. The zero-order valence-electron chi connectivity index (χ0n) is 15.1. The second-order valence-corrected chi connectivity index (χ2v) is 8.93. The van der Waals surface area contributed by atoms with Crippen LogP contribution >= 0.6 is 0 Å². The van der Waals surface area contributed by atoms with Crippen molar-refractivity contribution in [1.82, 2.24) is 0 Å². The number of carbonyl (C=O) groups is 1. The SMILES string of the molecule is C#CC1=CC[C@H]2[C@@H]3CC[C@@H]4C[C@H](OC(C)=O)CC[C@@H]4[C@H]3CC[C@]12C. The number of esters is 1. The van der Waals surface area contributed by atoms with Crippen molar-refractivity contribution in [2.24, 2.45) is 35.0 Å². The van der Waals surface area contributed by atoms with E-state index in [1.807, 2.05) is 0 Å². The van der Waals surface area contributed by atoms with Crippen molar-refractivity contribution in [3.8, 4) is 12.3 Å². The van der Waals surface area contributed by atoms with Gasteiger partial charge in [0.1, 0.15) is 6.10 Å². The first-order chi connectivity index (χ1) is 11.5. The molecule has 0 bridgehead atoms. The lowest BCUT2D eigenvalue weighted by atomic mass is 9.50. The van der Waals surface area contributed by atoms with Gasteiger partial charge in [-0.2, -0.15) is 0 Å². The Morgan fingerprint density at radius 1 is 1.21 bits per heavy atom. The lowest BCUT2D eigenvalue weighted by Gasteiger charge is -2.55. The van der Waals surface area contributed by atoms with Gasteiger partial charge in [-0.25, -0.2) is 0 Å². The van der Waals surface area contributed by atoms with Crippen molar-refractivity contribution in [3.63, 3.8) is 0 Å². The van der Waals surface area contributed by atoms with Gasteiger partial charge in [-0.05, 0) is 81.0 Å². The molecule has 24 heavy (non-hydrogen) atoms. The maximum absolute atomic E-state index is 11.3. The number of allylic oxidation sites excluding steroid dienone is 2. The predicted octanol–water partition coefficient (Wildman–Crippen LogP) is 4.74. The summed E-state index contributed by atoms with van der Waals surface area (Å²) in [6, 6.07) is 0. The number of hydrogen-bond donors (Lipinski definition) is 0. The highest BCUT2D eigenvalue weighted by molar-refractivity contribution is 5.66. The Morgan fingerprint density at radius 3 is 2.75 bits per heavy atom. The molecule has 4 rings (SSSR count). The fourth-order valence-corrected chi connectivity index (χ4v) is 6.94. The van der Waals surface area contributed by atoms with Crippen molar-refractivity contribution in [3.05, 3.63) is 11.6 Å². The van der Waals surface area contributed by atoms with Crippen LogP contribution in [0.15, 0.2) is 11.6 Å². The molecule has 0 radical (unpaired) electrons. The van der Waals surface area contributed by atoms with Crippen LogP contribution in [0.5, 0.6) is 0 Å². The molecule has 2 heteroatoms. The van der Waals surface area contributed by atoms with E-state index < -0.39 is 0 Å². The summed E-state index contributed by atoms with van der Waals surface area (Å²) in [6.07, 6.45) is 18.2. The molecule has 4 aliphatic rings. The zero-order valence-corrected chi connectivity index (χ0v) is 15.1. The Bertz CT molecular complexity index is 598. The molecule has 0 heterocycles. The Morgan fingerprint density at radius 2 is 2.00 bits per heavy atom. The molecule has 3 saturated carbocycles. The first-order valence-electron chi connectivity index (χ1n) is 9.87. The summed E-state index contributed by atoms with van der Waals surface area (Å²) < 4.78 is 5.52. The summed E-state index contributed by atoms with van der Waals surface area (Å²) in [5.41, 5.74) is 1.56. The van der Waals surface area contributed by atoms with Crippen molar-refractivity contribution in [2.45, 2.75) is 71.3 Å². The lowest BCUT2D eigenvalue weighted by molar-refractivity contribution is -0.151. The smallest absolute Gasteiger partial charge is 0.302 e. The van der Waals surface area contributed by atoms with Crippen LogP contribution in [0.2, 0.25) is 0 Å². The molecule has 0 amide bonds. The lowest BCUT2D eigenvalue weighted by Crippen LogP contribution is -2.48. The Hall–Kier alpha value is -1.23. The molecule has 2 nitrogen and oxygen atoms in total. The first-order valence-corrected chi connectivity index (χ1v) is 9.87. The van der Waals surface area contributed by atoms with Crippen molar-refractivity contribution < 1.29 is 9.53 Å². The minimum absolute atomic E-state index is 0.112. The quantitative estimate of drug-likeness (QED) is 0.514. The molecule has 130 valence electrons. The fraction of sp³-hybridized carbons (Fsp3) is 0.773. The maximum Gasteiger partial charge on any atom is 0.302 e. The molecule has 0 aromatic rings. The fourth-order valence-electron chi connectivity index (χ4n) is 6.94. The number of fused-ring (bicyclic) bond motifs is 5. The van der Waals surface area contributed by atoms with Crippen LogP contribution in [0.3, 0.4) is 0 Å². The van der Waals surface area contributed by atoms with Gasteiger partial charge >= 0.3 is 5.97 Å². The van der Waals surface area contributed by atoms with E-state index in [2.05, 4.69) is 18.9 Å². The third kappa shape index (κ3) is 2.43. The van der Waals surface area contributed by atoms with Crippen LogP contribution in [0.1, 0.15) is 65.2 Å². The van der Waals surface area contributed by atoms with Gasteiger partial charge in [-0.3, -0.25) is 4.79 Å². The van der Waals surface area contributed by atoms with E-state index >= 15 is 0 Å². The van der Waals surface area contributed by atoms with Crippen molar-refractivity contribution >= 4 is 5.97 Å². The molecule has 0 spiro atoms. The summed E-state index contributed by atoms with van der Waals surface area (Å²) in [7, 11) is 0. The molecule has 0 N–H and O–H groups in total. The van der Waals surface area contributed by atoms with Gasteiger partial charge in [0.2, 0.25) is 0 Å². The molecule has 7 atom stereocenters. The van der Waals surface area contributed by atoms with Crippen LogP contribution in [0.25, 0.3) is 0 Å². The van der Waals surface area contributed by atoms with Crippen LogP contribution < -0.4 is 0 Å². The van der Waals surface area contributed by atoms with Gasteiger partial charge < -0.3 is 4.74 Å². The molecule has 0 aromatic carbocycles. The van der Waals surface area contributed by atoms with E-state index in [0.717, 1.165) is 42.4 Å². The highest BCUT2D eigenvalue weighted by Crippen LogP contribution is 2.62. The number of terminal acetylenes is 1. The van der Waals surface area contributed by atoms with Gasteiger partial charge in [-0.1, -0.05) is 18.9 Å². The average molecular weight is 326 g/mol. The van der Waals surface area contributed by atoms with Gasteiger partial charge in [0, 0.05) is 17.9 Å².